The van der Waals surface area contributed by atoms with Crippen molar-refractivity contribution in [2.45, 2.75) is 181 Å². The summed E-state index contributed by atoms with van der Waals surface area (Å²) in [5.41, 5.74) is -0.872. The second kappa shape index (κ2) is 21.5. The highest BCUT2D eigenvalue weighted by Crippen LogP contribution is 2.31. The standard InChI is InChI=1S/C15H24N4O3.C14H23N5O3.C13H21N5O3/c1-6-11(14(21)22-15(3,4)5)19-8-10(7-12(19)20)13-9(2)16-18-17-13;1-6-10(13(21)22-14(2,3)4)19-8-9(7-11(19)20)12-15-17-18(5)16-12;1-5-9(12(20)21-13(2,3)4)18-7-8(6-10(18)19)11-14-16-17-15-11/h9-11H,6-8H2,1-5H3;9-10H,6-8H2,1-5H3;8-9H,5-7H2,1-4H3,(H,14,15,16,17). The van der Waals surface area contributed by atoms with Crippen molar-refractivity contribution in [3.63, 3.8) is 0 Å². The van der Waals surface area contributed by atoms with Gasteiger partial charge in [-0.3, -0.25) is 14.4 Å². The van der Waals surface area contributed by atoms with Crippen molar-refractivity contribution in [1.82, 2.24) is 55.5 Å². The number of nitrogens with zero attached hydrogens (tertiary/aromatic N) is 13. The monoisotopic (exact) mass is 913 g/mol. The van der Waals surface area contributed by atoms with Gasteiger partial charge < -0.3 is 28.9 Å². The number of esters is 3. The quantitative estimate of drug-likeness (QED) is 0.236. The third-order valence-electron chi connectivity index (χ3n) is 10.6. The summed E-state index contributed by atoms with van der Waals surface area (Å²) in [7, 11) is 1.68. The number of hydrogen-bond acceptors (Lipinski definition) is 18. The number of carbonyl (C=O) groups excluding carboxylic acids is 6. The lowest BCUT2D eigenvalue weighted by Crippen LogP contribution is -2.45. The van der Waals surface area contributed by atoms with Crippen LogP contribution in [0.2, 0.25) is 0 Å². The van der Waals surface area contributed by atoms with Crippen LogP contribution in [-0.2, 0) is 50.0 Å². The zero-order chi connectivity index (χ0) is 48.6. The zero-order valence-corrected chi connectivity index (χ0v) is 40.4. The molecule has 2 aromatic heterocycles. The van der Waals surface area contributed by atoms with Gasteiger partial charge in [0.25, 0.3) is 0 Å². The Labute approximate surface area is 380 Å². The Bertz CT molecular complexity index is 2050. The van der Waals surface area contributed by atoms with E-state index >= 15 is 0 Å². The van der Waals surface area contributed by atoms with Crippen LogP contribution in [0.5, 0.6) is 0 Å². The number of tetrazole rings is 2. The number of carbonyl (C=O) groups is 6. The van der Waals surface area contributed by atoms with Gasteiger partial charge in [0.2, 0.25) is 17.7 Å². The number of amides is 3. The van der Waals surface area contributed by atoms with E-state index in [0.717, 1.165) is 5.71 Å². The summed E-state index contributed by atoms with van der Waals surface area (Å²) in [4.78, 5) is 79.8. The van der Waals surface area contributed by atoms with Gasteiger partial charge in [-0.25, -0.2) is 14.4 Å². The number of rotatable bonds is 12. The molecule has 0 radical (unpaired) electrons. The molecule has 65 heavy (non-hydrogen) atoms. The number of ether oxygens (including phenoxy) is 3. The van der Waals surface area contributed by atoms with Crippen molar-refractivity contribution in [2.24, 2.45) is 28.4 Å². The van der Waals surface area contributed by atoms with E-state index < -0.39 is 34.9 Å². The third-order valence-corrected chi connectivity index (χ3v) is 10.6. The van der Waals surface area contributed by atoms with Gasteiger partial charge in [-0.15, -0.1) is 25.5 Å². The fourth-order valence-corrected chi connectivity index (χ4v) is 7.82. The van der Waals surface area contributed by atoms with Crippen LogP contribution in [0.1, 0.15) is 152 Å². The molecule has 0 saturated carbocycles. The number of aryl methyl sites for hydroxylation is 1. The molecule has 1 N–H and O–H groups in total. The van der Waals surface area contributed by atoms with E-state index in [1.807, 2.05) is 90.0 Å². The van der Waals surface area contributed by atoms with Crippen LogP contribution in [0.4, 0.5) is 0 Å². The predicted molar refractivity (Wildman–Crippen MR) is 232 cm³/mol. The summed E-state index contributed by atoms with van der Waals surface area (Å²) in [6, 6.07) is -1.75. The van der Waals surface area contributed by atoms with E-state index in [9.17, 15) is 28.8 Å². The Morgan fingerprint density at radius 2 is 1.05 bits per heavy atom. The zero-order valence-electron chi connectivity index (χ0n) is 40.4. The molecule has 360 valence electrons. The van der Waals surface area contributed by atoms with Crippen molar-refractivity contribution in [3.8, 4) is 0 Å². The molecule has 0 spiro atoms. The van der Waals surface area contributed by atoms with Crippen LogP contribution in [-0.4, -0.2) is 157 Å². The highest BCUT2D eigenvalue weighted by molar-refractivity contribution is 5.98. The fourth-order valence-electron chi connectivity index (χ4n) is 7.82. The van der Waals surface area contributed by atoms with E-state index in [1.165, 1.54) is 4.80 Å². The maximum absolute atomic E-state index is 12.3. The SMILES string of the molecule is CCC(C(=O)OC(C)(C)C)N1CC(C2=NN=NC2C)CC1=O.CCC(C(=O)OC(C)(C)C)N1CC(c2nn[nH]n2)CC1=O.CCC(C(=O)OC(C)(C)C)N1CC(c2nnn(C)n2)CC1=O. The molecule has 4 aliphatic rings. The van der Waals surface area contributed by atoms with Crippen molar-refractivity contribution in [1.29, 1.82) is 0 Å². The molecule has 6 rings (SSSR count). The van der Waals surface area contributed by atoms with Gasteiger partial charge in [0.15, 0.2) is 11.6 Å². The van der Waals surface area contributed by atoms with E-state index in [1.54, 1.807) is 21.7 Å². The van der Waals surface area contributed by atoms with E-state index in [-0.39, 0.29) is 59.4 Å². The summed E-state index contributed by atoms with van der Waals surface area (Å²) >= 11 is 0. The Kier molecular flexibility index (Phi) is 17.1. The summed E-state index contributed by atoms with van der Waals surface area (Å²) in [5, 5.41) is 37.3. The van der Waals surface area contributed by atoms with Crippen molar-refractivity contribution in [3.05, 3.63) is 11.6 Å². The molecule has 3 amide bonds. The topological polar surface area (TPSA) is 275 Å². The number of hydrogen-bond donors (Lipinski definition) is 1. The summed E-state index contributed by atoms with van der Waals surface area (Å²) in [6.07, 6.45) is 2.50. The minimum absolute atomic E-state index is 0.0195. The van der Waals surface area contributed by atoms with E-state index in [4.69, 9.17) is 14.2 Å². The Morgan fingerprint density at radius 1 is 0.646 bits per heavy atom. The fraction of sp³-hybridized carbons (Fsp3) is 0.786. The molecular weight excluding hydrogens is 845 g/mol. The van der Waals surface area contributed by atoms with E-state index in [2.05, 4.69) is 51.5 Å². The molecule has 0 aliphatic carbocycles. The van der Waals surface area contributed by atoms with Gasteiger partial charge in [0.1, 0.15) is 41.0 Å². The van der Waals surface area contributed by atoms with Crippen molar-refractivity contribution < 1.29 is 43.0 Å². The molecule has 2 aromatic rings. The summed E-state index contributed by atoms with van der Waals surface area (Å²) in [6.45, 7) is 25.2. The number of H-pyrrole nitrogens is 1. The van der Waals surface area contributed by atoms with Crippen molar-refractivity contribution >= 4 is 41.3 Å². The molecule has 4 aliphatic heterocycles. The average molecular weight is 913 g/mol. The van der Waals surface area contributed by atoms with Gasteiger partial charge in [-0.2, -0.15) is 15.1 Å². The number of nitrogens with one attached hydrogen (secondary N) is 1. The van der Waals surface area contributed by atoms with Crippen LogP contribution in [0.15, 0.2) is 15.4 Å². The first-order valence-corrected chi connectivity index (χ1v) is 22.3. The molecule has 6 heterocycles. The number of aromatic nitrogens is 8. The van der Waals surface area contributed by atoms with Crippen LogP contribution < -0.4 is 0 Å². The number of aromatic amines is 1. The predicted octanol–water partition coefficient (Wildman–Crippen LogP) is 3.45. The van der Waals surface area contributed by atoms with E-state index in [0.29, 0.717) is 69.8 Å². The van der Waals surface area contributed by atoms with Crippen LogP contribution in [0.25, 0.3) is 0 Å². The molecule has 7 atom stereocenters. The van der Waals surface area contributed by atoms with Crippen LogP contribution in [0, 0.1) is 5.92 Å². The normalized spacial score (nSPS) is 22.5. The lowest BCUT2D eigenvalue weighted by Gasteiger charge is -2.29. The van der Waals surface area contributed by atoms with Crippen LogP contribution >= 0.6 is 0 Å². The largest absolute Gasteiger partial charge is 0.458 e. The highest BCUT2D eigenvalue weighted by Gasteiger charge is 2.44. The maximum atomic E-state index is 12.3. The van der Waals surface area contributed by atoms with Gasteiger partial charge in [0.05, 0.1) is 12.8 Å². The first-order chi connectivity index (χ1) is 30.2. The highest BCUT2D eigenvalue weighted by atomic mass is 16.6. The van der Waals surface area contributed by atoms with Crippen LogP contribution in [0.3, 0.4) is 0 Å². The lowest BCUT2D eigenvalue weighted by molar-refractivity contribution is -0.164. The Morgan fingerprint density at radius 3 is 1.37 bits per heavy atom. The summed E-state index contributed by atoms with van der Waals surface area (Å²) in [5.74, 6) is -0.508. The van der Waals surface area contributed by atoms with Gasteiger partial charge >= 0.3 is 17.9 Å². The molecule has 3 saturated heterocycles. The first-order valence-electron chi connectivity index (χ1n) is 22.3. The lowest BCUT2D eigenvalue weighted by atomic mass is 9.98. The van der Waals surface area contributed by atoms with Crippen molar-refractivity contribution in [2.75, 3.05) is 19.6 Å². The van der Waals surface area contributed by atoms with Gasteiger partial charge in [-0.05, 0) is 98.9 Å². The first kappa shape index (κ1) is 51.9. The summed E-state index contributed by atoms with van der Waals surface area (Å²) < 4.78 is 16.2. The Hall–Kier alpha value is -5.77. The smallest absolute Gasteiger partial charge is 0.329 e. The van der Waals surface area contributed by atoms with Gasteiger partial charge in [0, 0.05) is 56.7 Å². The number of likely N-dealkylation sites (tertiary alicyclic amines) is 3. The molecule has 23 nitrogen and oxygen atoms in total. The molecule has 3 fully saturated rings. The van der Waals surface area contributed by atoms with Gasteiger partial charge in [-0.1, -0.05) is 26.0 Å². The third kappa shape index (κ3) is 14.4. The average Bonchev–Trinajstić information content (AvgIpc) is 4.04. The maximum Gasteiger partial charge on any atom is 0.329 e. The molecule has 23 heteroatoms. The minimum atomic E-state index is -0.570. The molecule has 7 unspecified atom stereocenters. The minimum Gasteiger partial charge on any atom is -0.458 e. The second-order valence-electron chi connectivity index (χ2n) is 19.5. The second-order valence-corrected chi connectivity index (χ2v) is 19.5. The molecular formula is C42H68N14O9. The Balaban J connectivity index is 0.000000213. The molecule has 0 aromatic carbocycles. The molecule has 0 bridgehead atoms.